The standard InChI is InChI=1S/C20H21N3/c1-15(16-6-3-2-4-7-16)23-12-9-17(10-13-23)19-14-22-20-18(19)8-5-11-21-20/h2-9,11,14-15H,10,12-13H2,1H3,(H,21,22)/t15-/m1/s1. The van der Waals surface area contributed by atoms with Gasteiger partial charge in [0, 0.05) is 42.5 Å². The van der Waals surface area contributed by atoms with Gasteiger partial charge < -0.3 is 4.98 Å². The highest BCUT2D eigenvalue weighted by atomic mass is 15.1. The molecule has 1 atom stereocenters. The molecule has 0 amide bonds. The molecule has 0 unspecified atom stereocenters. The molecule has 3 heteroatoms. The lowest BCUT2D eigenvalue weighted by atomic mass is 9.97. The minimum atomic E-state index is 0.457. The van der Waals surface area contributed by atoms with Crippen LogP contribution in [0.1, 0.15) is 30.5 Å². The molecule has 23 heavy (non-hydrogen) atoms. The number of pyridine rings is 1. The fourth-order valence-corrected chi connectivity index (χ4v) is 3.45. The van der Waals surface area contributed by atoms with Crippen LogP contribution in [-0.4, -0.2) is 28.0 Å². The van der Waals surface area contributed by atoms with E-state index in [1.165, 1.54) is 22.1 Å². The van der Waals surface area contributed by atoms with Gasteiger partial charge in [0.15, 0.2) is 0 Å². The van der Waals surface area contributed by atoms with E-state index in [0.29, 0.717) is 6.04 Å². The van der Waals surface area contributed by atoms with E-state index in [2.05, 4.69) is 70.5 Å². The van der Waals surface area contributed by atoms with E-state index in [4.69, 9.17) is 0 Å². The molecule has 0 fully saturated rings. The minimum Gasteiger partial charge on any atom is -0.346 e. The lowest BCUT2D eigenvalue weighted by molar-refractivity contribution is 0.233. The van der Waals surface area contributed by atoms with Crippen molar-refractivity contribution >= 4 is 16.6 Å². The van der Waals surface area contributed by atoms with Crippen LogP contribution in [0, 0.1) is 0 Å². The molecule has 1 N–H and O–H groups in total. The van der Waals surface area contributed by atoms with Crippen molar-refractivity contribution in [3.63, 3.8) is 0 Å². The third-order valence-electron chi connectivity index (χ3n) is 4.87. The second-order valence-corrected chi connectivity index (χ2v) is 6.16. The smallest absolute Gasteiger partial charge is 0.137 e. The summed E-state index contributed by atoms with van der Waals surface area (Å²) in [5.74, 6) is 0. The van der Waals surface area contributed by atoms with Crippen molar-refractivity contribution in [3.05, 3.63) is 72.1 Å². The van der Waals surface area contributed by atoms with Gasteiger partial charge in [-0.05, 0) is 36.6 Å². The topological polar surface area (TPSA) is 31.9 Å². The molecular weight excluding hydrogens is 282 g/mol. The van der Waals surface area contributed by atoms with Gasteiger partial charge in [0.1, 0.15) is 5.65 Å². The Kier molecular flexibility index (Phi) is 3.72. The molecule has 116 valence electrons. The van der Waals surface area contributed by atoms with Crippen LogP contribution in [0.3, 0.4) is 0 Å². The molecule has 3 nitrogen and oxygen atoms in total. The first kappa shape index (κ1) is 14.2. The Hall–Kier alpha value is -2.39. The zero-order valence-electron chi connectivity index (χ0n) is 13.4. The van der Waals surface area contributed by atoms with Gasteiger partial charge >= 0.3 is 0 Å². The zero-order valence-corrected chi connectivity index (χ0v) is 13.4. The maximum absolute atomic E-state index is 4.39. The lowest BCUT2D eigenvalue weighted by Gasteiger charge is -2.32. The zero-order chi connectivity index (χ0) is 15.6. The first-order valence-electron chi connectivity index (χ1n) is 8.23. The Bertz CT molecular complexity index is 832. The number of nitrogens with one attached hydrogen (secondary N) is 1. The molecule has 1 aromatic carbocycles. The van der Waals surface area contributed by atoms with E-state index in [1.54, 1.807) is 0 Å². The van der Waals surface area contributed by atoms with E-state index in [1.807, 2.05) is 12.3 Å². The molecule has 0 aliphatic carbocycles. The Morgan fingerprint density at radius 2 is 2.00 bits per heavy atom. The van der Waals surface area contributed by atoms with Crippen molar-refractivity contribution in [3.8, 4) is 0 Å². The molecule has 0 radical (unpaired) electrons. The Morgan fingerprint density at radius 1 is 1.13 bits per heavy atom. The highest BCUT2D eigenvalue weighted by Crippen LogP contribution is 2.31. The number of hydrogen-bond donors (Lipinski definition) is 1. The molecule has 0 saturated heterocycles. The summed E-state index contributed by atoms with van der Waals surface area (Å²) in [6.45, 7) is 4.39. The number of hydrogen-bond acceptors (Lipinski definition) is 2. The van der Waals surface area contributed by atoms with Gasteiger partial charge in [-0.2, -0.15) is 0 Å². The molecule has 1 aliphatic rings. The third kappa shape index (κ3) is 2.68. The Balaban J connectivity index is 1.55. The Morgan fingerprint density at radius 3 is 2.78 bits per heavy atom. The van der Waals surface area contributed by atoms with Crippen LogP contribution in [0.15, 0.2) is 60.9 Å². The van der Waals surface area contributed by atoms with Crippen molar-refractivity contribution in [2.45, 2.75) is 19.4 Å². The van der Waals surface area contributed by atoms with Crippen molar-refractivity contribution in [2.24, 2.45) is 0 Å². The first-order valence-corrected chi connectivity index (χ1v) is 8.23. The van der Waals surface area contributed by atoms with Crippen LogP contribution in [0.2, 0.25) is 0 Å². The molecule has 3 aromatic rings. The van der Waals surface area contributed by atoms with E-state index in [0.717, 1.165) is 25.2 Å². The van der Waals surface area contributed by atoms with Crippen LogP contribution in [-0.2, 0) is 0 Å². The van der Waals surface area contributed by atoms with Crippen molar-refractivity contribution in [1.29, 1.82) is 0 Å². The summed E-state index contributed by atoms with van der Waals surface area (Å²) in [4.78, 5) is 10.2. The molecule has 0 saturated carbocycles. The molecule has 2 aromatic heterocycles. The molecular formula is C20H21N3. The second-order valence-electron chi connectivity index (χ2n) is 6.16. The van der Waals surface area contributed by atoms with Crippen LogP contribution in [0.5, 0.6) is 0 Å². The summed E-state index contributed by atoms with van der Waals surface area (Å²) in [5, 5.41) is 1.23. The van der Waals surface area contributed by atoms with Crippen molar-refractivity contribution in [1.82, 2.24) is 14.9 Å². The summed E-state index contributed by atoms with van der Waals surface area (Å²) in [6, 6.07) is 15.4. The van der Waals surface area contributed by atoms with E-state index >= 15 is 0 Å². The number of H-pyrrole nitrogens is 1. The highest BCUT2D eigenvalue weighted by molar-refractivity contribution is 5.90. The normalized spacial score (nSPS) is 17.2. The fraction of sp³-hybridized carbons (Fsp3) is 0.250. The van der Waals surface area contributed by atoms with E-state index in [-0.39, 0.29) is 0 Å². The SMILES string of the molecule is C[C@H](c1ccccc1)N1CC=C(c2c[nH]c3ncccc23)CC1. The van der Waals surface area contributed by atoms with Crippen LogP contribution in [0.4, 0.5) is 0 Å². The van der Waals surface area contributed by atoms with Gasteiger partial charge in [0.25, 0.3) is 0 Å². The van der Waals surface area contributed by atoms with Gasteiger partial charge in [0.05, 0.1) is 0 Å². The number of rotatable bonds is 3. The first-order chi connectivity index (χ1) is 11.3. The maximum atomic E-state index is 4.39. The quantitative estimate of drug-likeness (QED) is 0.777. The molecule has 3 heterocycles. The molecule has 0 spiro atoms. The fourth-order valence-electron chi connectivity index (χ4n) is 3.45. The second kappa shape index (κ2) is 6.01. The predicted molar refractivity (Wildman–Crippen MR) is 95.1 cm³/mol. The number of nitrogens with zero attached hydrogens (tertiary/aromatic N) is 2. The molecule has 0 bridgehead atoms. The summed E-state index contributed by atoms with van der Waals surface area (Å²) in [7, 11) is 0. The van der Waals surface area contributed by atoms with Gasteiger partial charge in [-0.1, -0.05) is 36.4 Å². The number of fused-ring (bicyclic) bond motifs is 1. The summed E-state index contributed by atoms with van der Waals surface area (Å²) in [5.41, 5.74) is 5.10. The summed E-state index contributed by atoms with van der Waals surface area (Å²) in [6.07, 6.45) is 7.39. The minimum absolute atomic E-state index is 0.457. The Labute approximate surface area is 136 Å². The van der Waals surface area contributed by atoms with Gasteiger partial charge in [-0.25, -0.2) is 4.98 Å². The largest absolute Gasteiger partial charge is 0.346 e. The predicted octanol–water partition coefficient (Wildman–Crippen LogP) is 4.41. The van der Waals surface area contributed by atoms with Crippen LogP contribution < -0.4 is 0 Å². The van der Waals surface area contributed by atoms with Gasteiger partial charge in [-0.3, -0.25) is 4.90 Å². The van der Waals surface area contributed by atoms with E-state index < -0.39 is 0 Å². The maximum Gasteiger partial charge on any atom is 0.137 e. The highest BCUT2D eigenvalue weighted by Gasteiger charge is 2.20. The van der Waals surface area contributed by atoms with Gasteiger partial charge in [-0.15, -0.1) is 0 Å². The third-order valence-corrected chi connectivity index (χ3v) is 4.87. The van der Waals surface area contributed by atoms with E-state index in [9.17, 15) is 0 Å². The lowest BCUT2D eigenvalue weighted by Crippen LogP contribution is -2.31. The number of aromatic nitrogens is 2. The monoisotopic (exact) mass is 303 g/mol. The number of benzene rings is 1. The molecule has 4 rings (SSSR count). The summed E-state index contributed by atoms with van der Waals surface area (Å²) >= 11 is 0. The average molecular weight is 303 g/mol. The van der Waals surface area contributed by atoms with Crippen LogP contribution in [0.25, 0.3) is 16.6 Å². The van der Waals surface area contributed by atoms with Crippen molar-refractivity contribution < 1.29 is 0 Å². The average Bonchev–Trinajstić information content (AvgIpc) is 3.06. The summed E-state index contributed by atoms with van der Waals surface area (Å²) < 4.78 is 0. The van der Waals surface area contributed by atoms with Crippen LogP contribution >= 0.6 is 0 Å². The van der Waals surface area contributed by atoms with Crippen molar-refractivity contribution in [2.75, 3.05) is 13.1 Å². The molecule has 1 aliphatic heterocycles. The van der Waals surface area contributed by atoms with Gasteiger partial charge in [0.2, 0.25) is 0 Å². The number of aromatic amines is 1.